The number of nitrogens with one attached hydrogen (secondary N) is 1. The van der Waals surface area contributed by atoms with Crippen molar-refractivity contribution in [1.29, 1.82) is 0 Å². The first-order valence-corrected chi connectivity index (χ1v) is 9.22. The average molecular weight is 378 g/mol. The molecule has 28 heavy (non-hydrogen) atoms. The van der Waals surface area contributed by atoms with Gasteiger partial charge in [0.15, 0.2) is 0 Å². The predicted octanol–water partition coefficient (Wildman–Crippen LogP) is 3.05. The molecule has 0 aliphatic carbocycles. The Balaban J connectivity index is 1.43. The number of aromatic nitrogens is 3. The number of hydrogen-bond acceptors (Lipinski definition) is 5. The minimum Gasteiger partial charge on any atom is -0.481 e. The van der Waals surface area contributed by atoms with Gasteiger partial charge in [0.2, 0.25) is 11.8 Å². The zero-order valence-electron chi connectivity index (χ0n) is 15.6. The van der Waals surface area contributed by atoms with Gasteiger partial charge in [-0.15, -0.1) is 0 Å². The van der Waals surface area contributed by atoms with E-state index in [4.69, 9.17) is 9.47 Å². The van der Waals surface area contributed by atoms with E-state index in [-0.39, 0.29) is 17.9 Å². The first kappa shape index (κ1) is 18.2. The smallest absolute Gasteiger partial charge is 0.230 e. The van der Waals surface area contributed by atoms with E-state index < -0.39 is 0 Å². The summed E-state index contributed by atoms with van der Waals surface area (Å²) in [6.45, 7) is 1.23. The highest BCUT2D eigenvalue weighted by molar-refractivity contribution is 5.93. The number of ether oxygens (including phenoxy) is 2. The molecule has 0 bridgehead atoms. The third-order valence-corrected chi connectivity index (χ3v) is 4.81. The highest BCUT2D eigenvalue weighted by atomic mass is 16.5. The summed E-state index contributed by atoms with van der Waals surface area (Å²) in [5.74, 6) is 0.160. The lowest BCUT2D eigenvalue weighted by Gasteiger charge is -2.17. The molecular formula is C21H22N4O3. The molecular weight excluding hydrogens is 356 g/mol. The summed E-state index contributed by atoms with van der Waals surface area (Å²) in [6.07, 6.45) is 5.70. The standard InChI is InChI=1S/C21H22N4O3/c1-27-19-8-7-17(12-22-19)24-21(26)18-9-10-28-20(18)16-11-23-25(14-16)13-15-5-3-2-4-6-15/h2-8,11-12,14,18,20H,9-10,13H2,1H3,(H,24,26)/t18-,20+/m0/s1. The largest absolute Gasteiger partial charge is 0.481 e. The lowest BCUT2D eigenvalue weighted by molar-refractivity contribution is -0.121. The maximum atomic E-state index is 12.8. The minimum absolute atomic E-state index is 0.0784. The number of amides is 1. The van der Waals surface area contributed by atoms with Crippen molar-refractivity contribution in [3.05, 3.63) is 72.2 Å². The van der Waals surface area contributed by atoms with Crippen molar-refractivity contribution >= 4 is 11.6 Å². The van der Waals surface area contributed by atoms with Crippen LogP contribution in [0, 0.1) is 5.92 Å². The van der Waals surface area contributed by atoms with Crippen LogP contribution in [0.25, 0.3) is 0 Å². The van der Waals surface area contributed by atoms with Crippen molar-refractivity contribution < 1.29 is 14.3 Å². The third kappa shape index (κ3) is 4.04. The number of rotatable bonds is 6. The van der Waals surface area contributed by atoms with Gasteiger partial charge in [0.05, 0.1) is 43.8 Å². The van der Waals surface area contributed by atoms with Gasteiger partial charge in [0.25, 0.3) is 0 Å². The van der Waals surface area contributed by atoms with E-state index in [1.807, 2.05) is 29.1 Å². The Morgan fingerprint density at radius 3 is 2.86 bits per heavy atom. The van der Waals surface area contributed by atoms with Crippen molar-refractivity contribution in [3.8, 4) is 5.88 Å². The molecule has 0 unspecified atom stereocenters. The van der Waals surface area contributed by atoms with Crippen LogP contribution in [0.3, 0.4) is 0 Å². The summed E-state index contributed by atoms with van der Waals surface area (Å²) < 4.78 is 12.8. The molecule has 7 heteroatoms. The third-order valence-electron chi connectivity index (χ3n) is 4.81. The monoisotopic (exact) mass is 378 g/mol. The highest BCUT2D eigenvalue weighted by Crippen LogP contribution is 2.35. The van der Waals surface area contributed by atoms with Gasteiger partial charge in [0.1, 0.15) is 0 Å². The van der Waals surface area contributed by atoms with Crippen molar-refractivity contribution in [2.75, 3.05) is 19.0 Å². The number of carbonyl (C=O) groups is 1. The number of pyridine rings is 1. The Morgan fingerprint density at radius 1 is 1.25 bits per heavy atom. The molecule has 0 radical (unpaired) electrons. The molecule has 1 aliphatic heterocycles. The minimum atomic E-state index is -0.296. The van der Waals surface area contributed by atoms with Gasteiger partial charge < -0.3 is 14.8 Å². The second kappa shape index (κ2) is 8.22. The molecule has 3 aromatic rings. The van der Waals surface area contributed by atoms with E-state index in [0.717, 1.165) is 5.56 Å². The van der Waals surface area contributed by atoms with E-state index in [2.05, 4.69) is 27.5 Å². The van der Waals surface area contributed by atoms with Crippen LogP contribution in [0.5, 0.6) is 5.88 Å². The summed E-state index contributed by atoms with van der Waals surface area (Å²) in [5, 5.41) is 7.35. The zero-order chi connectivity index (χ0) is 19.3. The molecule has 1 aromatic carbocycles. The van der Waals surface area contributed by atoms with Gasteiger partial charge in [-0.1, -0.05) is 30.3 Å². The van der Waals surface area contributed by atoms with Crippen LogP contribution in [0.15, 0.2) is 61.1 Å². The van der Waals surface area contributed by atoms with Crippen molar-refractivity contribution in [2.24, 2.45) is 5.92 Å². The molecule has 3 heterocycles. The fourth-order valence-electron chi connectivity index (χ4n) is 3.38. The summed E-state index contributed by atoms with van der Waals surface area (Å²) in [5.41, 5.74) is 2.73. The molecule has 0 saturated carbocycles. The normalized spacial score (nSPS) is 18.8. The van der Waals surface area contributed by atoms with E-state index in [0.29, 0.717) is 31.1 Å². The molecule has 2 atom stereocenters. The summed E-state index contributed by atoms with van der Waals surface area (Å²) in [6, 6.07) is 13.6. The quantitative estimate of drug-likeness (QED) is 0.713. The Morgan fingerprint density at radius 2 is 2.11 bits per heavy atom. The number of carbonyl (C=O) groups excluding carboxylic acids is 1. The van der Waals surface area contributed by atoms with Crippen molar-refractivity contribution in [1.82, 2.24) is 14.8 Å². The van der Waals surface area contributed by atoms with Crippen LogP contribution in [-0.4, -0.2) is 34.4 Å². The van der Waals surface area contributed by atoms with Crippen LogP contribution < -0.4 is 10.1 Å². The Kier molecular flexibility index (Phi) is 5.34. The fourth-order valence-corrected chi connectivity index (χ4v) is 3.38. The second-order valence-corrected chi connectivity index (χ2v) is 6.72. The Bertz CT molecular complexity index is 924. The number of hydrogen-bond donors (Lipinski definition) is 1. The number of benzene rings is 1. The van der Waals surface area contributed by atoms with Gasteiger partial charge in [-0.25, -0.2) is 4.98 Å². The van der Waals surface area contributed by atoms with Crippen molar-refractivity contribution in [2.45, 2.75) is 19.1 Å². The SMILES string of the molecule is COc1ccc(NC(=O)[C@H]2CCO[C@@H]2c2cnn(Cc3ccccc3)c2)cn1. The lowest BCUT2D eigenvalue weighted by Crippen LogP contribution is -2.25. The maximum absolute atomic E-state index is 12.8. The zero-order valence-corrected chi connectivity index (χ0v) is 15.6. The molecule has 1 amide bonds. The first-order chi connectivity index (χ1) is 13.7. The Hall–Kier alpha value is -3.19. The average Bonchev–Trinajstić information content (AvgIpc) is 3.38. The van der Waals surface area contributed by atoms with Crippen LogP contribution in [0.1, 0.15) is 23.7 Å². The van der Waals surface area contributed by atoms with Crippen molar-refractivity contribution in [3.63, 3.8) is 0 Å². The van der Waals surface area contributed by atoms with Crippen LogP contribution >= 0.6 is 0 Å². The van der Waals surface area contributed by atoms with Gasteiger partial charge >= 0.3 is 0 Å². The number of nitrogens with zero attached hydrogens (tertiary/aromatic N) is 3. The van der Waals surface area contributed by atoms with Gasteiger partial charge in [-0.05, 0) is 18.1 Å². The maximum Gasteiger partial charge on any atom is 0.230 e. The first-order valence-electron chi connectivity index (χ1n) is 9.22. The van der Waals surface area contributed by atoms with E-state index >= 15 is 0 Å². The molecule has 1 saturated heterocycles. The van der Waals surface area contributed by atoms with Gasteiger partial charge in [0, 0.05) is 24.4 Å². The molecule has 1 fully saturated rings. The summed E-state index contributed by atoms with van der Waals surface area (Å²) >= 11 is 0. The molecule has 4 rings (SSSR count). The van der Waals surface area contributed by atoms with Gasteiger partial charge in [-0.3, -0.25) is 9.48 Å². The van der Waals surface area contributed by atoms with Gasteiger partial charge in [-0.2, -0.15) is 5.10 Å². The molecule has 1 aliphatic rings. The molecule has 1 N–H and O–H groups in total. The van der Waals surface area contributed by atoms with E-state index in [9.17, 15) is 4.79 Å². The lowest BCUT2D eigenvalue weighted by atomic mass is 9.96. The van der Waals surface area contributed by atoms with Crippen LogP contribution in [0.4, 0.5) is 5.69 Å². The highest BCUT2D eigenvalue weighted by Gasteiger charge is 2.36. The fraction of sp³-hybridized carbons (Fsp3) is 0.286. The number of anilines is 1. The molecule has 2 aromatic heterocycles. The Labute approximate surface area is 163 Å². The van der Waals surface area contributed by atoms with Crippen LogP contribution in [0.2, 0.25) is 0 Å². The van der Waals surface area contributed by atoms with E-state index in [1.54, 1.807) is 31.6 Å². The summed E-state index contributed by atoms with van der Waals surface area (Å²) in [4.78, 5) is 16.9. The summed E-state index contributed by atoms with van der Waals surface area (Å²) in [7, 11) is 1.55. The van der Waals surface area contributed by atoms with E-state index in [1.165, 1.54) is 5.56 Å². The molecule has 144 valence electrons. The second-order valence-electron chi connectivity index (χ2n) is 6.72. The predicted molar refractivity (Wildman–Crippen MR) is 104 cm³/mol. The number of methoxy groups -OCH3 is 1. The van der Waals surface area contributed by atoms with Crippen LogP contribution in [-0.2, 0) is 16.1 Å². The molecule has 7 nitrogen and oxygen atoms in total. The molecule has 0 spiro atoms. The topological polar surface area (TPSA) is 78.3 Å².